The molecule has 1 aromatic carbocycles. The molecule has 104 valence electrons. The van der Waals surface area contributed by atoms with Crippen molar-refractivity contribution in [1.82, 2.24) is 0 Å². The van der Waals surface area contributed by atoms with E-state index in [1.54, 1.807) is 12.1 Å². The molecule has 0 aliphatic carbocycles. The molecule has 19 heavy (non-hydrogen) atoms. The predicted octanol–water partition coefficient (Wildman–Crippen LogP) is 3.49. The lowest BCUT2D eigenvalue weighted by Gasteiger charge is -2.14. The van der Waals surface area contributed by atoms with Gasteiger partial charge in [0.2, 0.25) is 0 Å². The molecule has 0 aliphatic rings. The second kappa shape index (κ2) is 6.21. The molecule has 0 bridgehead atoms. The van der Waals surface area contributed by atoms with Crippen LogP contribution in [-0.2, 0) is 9.84 Å². The molecule has 0 aromatic heterocycles. The van der Waals surface area contributed by atoms with Crippen molar-refractivity contribution in [1.29, 1.82) is 5.26 Å². The zero-order valence-electron chi connectivity index (χ0n) is 11.8. The topological polar surface area (TPSA) is 57.9 Å². The Kier molecular flexibility index (Phi) is 5.13. The number of nitriles is 1. The van der Waals surface area contributed by atoms with Crippen LogP contribution in [0.1, 0.15) is 38.7 Å². The van der Waals surface area contributed by atoms with Crippen molar-refractivity contribution in [3.05, 3.63) is 29.8 Å². The average Bonchev–Trinajstić information content (AvgIpc) is 2.35. The summed E-state index contributed by atoms with van der Waals surface area (Å²) in [4.78, 5) is 0.426. The van der Waals surface area contributed by atoms with Gasteiger partial charge in [0.15, 0.2) is 9.84 Å². The Balaban J connectivity index is 2.59. The first-order valence-electron chi connectivity index (χ1n) is 6.48. The third-order valence-electron chi connectivity index (χ3n) is 3.20. The summed E-state index contributed by atoms with van der Waals surface area (Å²) in [7, 11) is -3.20. The van der Waals surface area contributed by atoms with Gasteiger partial charge in [-0.2, -0.15) is 5.26 Å². The van der Waals surface area contributed by atoms with Gasteiger partial charge in [0, 0.05) is 0 Å². The second-order valence-electron chi connectivity index (χ2n) is 5.54. The number of aryl methyl sites for hydroxylation is 1. The Morgan fingerprint density at radius 1 is 1.21 bits per heavy atom. The van der Waals surface area contributed by atoms with E-state index in [-0.39, 0.29) is 11.2 Å². The molecule has 0 fully saturated rings. The normalized spacial score (nSPS) is 12.1. The zero-order valence-corrected chi connectivity index (χ0v) is 12.6. The third kappa shape index (κ3) is 4.68. The Bertz CT molecular complexity index is 568. The monoisotopic (exact) mass is 279 g/mol. The minimum absolute atomic E-state index is 0.152. The molecule has 3 nitrogen and oxygen atoms in total. The first kappa shape index (κ1) is 15.7. The molecule has 0 unspecified atom stereocenters. The summed E-state index contributed by atoms with van der Waals surface area (Å²) in [5, 5.41) is 8.90. The number of hydrogen-bond acceptors (Lipinski definition) is 3. The second-order valence-corrected chi connectivity index (χ2v) is 7.61. The van der Waals surface area contributed by atoms with Crippen molar-refractivity contribution in [3.63, 3.8) is 0 Å². The van der Waals surface area contributed by atoms with Gasteiger partial charge in [0.05, 0.1) is 22.1 Å². The lowest BCUT2D eigenvalue weighted by atomic mass is 9.89. The van der Waals surface area contributed by atoms with Gasteiger partial charge < -0.3 is 0 Å². The van der Waals surface area contributed by atoms with Crippen LogP contribution < -0.4 is 0 Å². The van der Waals surface area contributed by atoms with E-state index in [1.165, 1.54) is 0 Å². The van der Waals surface area contributed by atoms with Crippen LogP contribution in [0, 0.1) is 23.7 Å². The number of nitrogens with zero attached hydrogens (tertiary/aromatic N) is 1. The van der Waals surface area contributed by atoms with Gasteiger partial charge >= 0.3 is 0 Å². The van der Waals surface area contributed by atoms with E-state index >= 15 is 0 Å². The maximum Gasteiger partial charge on any atom is 0.178 e. The summed E-state index contributed by atoms with van der Waals surface area (Å²) in [6.07, 6.45) is 2.08. The Morgan fingerprint density at radius 3 is 2.42 bits per heavy atom. The quantitative estimate of drug-likeness (QED) is 0.749. The predicted molar refractivity (Wildman–Crippen MR) is 76.5 cm³/mol. The summed E-state index contributed by atoms with van der Waals surface area (Å²) < 4.78 is 24.4. The third-order valence-corrected chi connectivity index (χ3v) is 5.15. The Hall–Kier alpha value is -1.34. The van der Waals surface area contributed by atoms with Crippen LogP contribution in [0.3, 0.4) is 0 Å². The molecule has 0 N–H and O–H groups in total. The van der Waals surface area contributed by atoms with Crippen LogP contribution in [0.4, 0.5) is 0 Å². The zero-order chi connectivity index (χ0) is 14.5. The van der Waals surface area contributed by atoms with Crippen molar-refractivity contribution in [2.24, 2.45) is 5.41 Å². The largest absolute Gasteiger partial charge is 0.224 e. The van der Waals surface area contributed by atoms with E-state index < -0.39 is 9.84 Å². The number of sulfone groups is 1. The summed E-state index contributed by atoms with van der Waals surface area (Å²) in [6, 6.07) is 9.28. The molecule has 0 heterocycles. The summed E-state index contributed by atoms with van der Waals surface area (Å²) in [5.74, 6) is 0.152. The molecule has 0 amide bonds. The van der Waals surface area contributed by atoms with Crippen LogP contribution >= 0.6 is 0 Å². The Morgan fingerprint density at radius 2 is 1.84 bits per heavy atom. The summed E-state index contributed by atoms with van der Waals surface area (Å²) in [5.41, 5.74) is 0.423. The van der Waals surface area contributed by atoms with Gasteiger partial charge in [-0.05, 0) is 45.2 Å². The van der Waals surface area contributed by atoms with Gasteiger partial charge in [-0.15, -0.1) is 0 Å². The number of benzene rings is 1. The molecule has 0 atom stereocenters. The smallest absolute Gasteiger partial charge is 0.178 e. The molecular weight excluding hydrogens is 258 g/mol. The number of unbranched alkanes of at least 4 members (excludes halogenated alkanes) is 1. The highest BCUT2D eigenvalue weighted by Gasteiger charge is 2.19. The van der Waals surface area contributed by atoms with Crippen molar-refractivity contribution in [2.75, 3.05) is 5.75 Å². The highest BCUT2D eigenvalue weighted by Crippen LogP contribution is 2.23. The fraction of sp³-hybridized carbons (Fsp3) is 0.533. The maximum atomic E-state index is 12.2. The molecule has 4 heteroatoms. The molecule has 0 saturated carbocycles. The lowest BCUT2D eigenvalue weighted by molar-refractivity contribution is 0.431. The van der Waals surface area contributed by atoms with E-state index in [4.69, 9.17) is 5.26 Å². The molecule has 0 spiro atoms. The molecule has 0 saturated heterocycles. The van der Waals surface area contributed by atoms with Crippen molar-refractivity contribution < 1.29 is 8.42 Å². The Labute approximate surface area is 116 Å². The van der Waals surface area contributed by atoms with E-state index in [0.717, 1.165) is 18.4 Å². The van der Waals surface area contributed by atoms with Gasteiger partial charge in [-0.1, -0.05) is 24.6 Å². The van der Waals surface area contributed by atoms with Gasteiger partial charge in [-0.3, -0.25) is 0 Å². The maximum absolute atomic E-state index is 12.2. The van der Waals surface area contributed by atoms with Crippen LogP contribution in [0.2, 0.25) is 0 Å². The minimum Gasteiger partial charge on any atom is -0.224 e. The van der Waals surface area contributed by atoms with E-state index in [1.807, 2.05) is 32.9 Å². The highest BCUT2D eigenvalue weighted by atomic mass is 32.2. The molecule has 1 rings (SSSR count). The van der Waals surface area contributed by atoms with Crippen LogP contribution in [0.25, 0.3) is 0 Å². The average molecular weight is 279 g/mol. The molecule has 0 aliphatic heterocycles. The van der Waals surface area contributed by atoms with Crippen molar-refractivity contribution in [3.8, 4) is 6.07 Å². The standard InChI is InChI=1S/C15H21NO2S/c1-13-8-4-5-9-14(13)19(17,18)11-7-6-10-15(2,3)12-16/h4-5,8-9H,6-7,10-11H2,1-3H3. The van der Waals surface area contributed by atoms with Gasteiger partial charge in [0.25, 0.3) is 0 Å². The molecular formula is C15H21NO2S. The SMILES string of the molecule is Cc1ccccc1S(=O)(=O)CCCCC(C)(C)C#N. The summed E-state index contributed by atoms with van der Waals surface area (Å²) in [6.45, 7) is 5.57. The van der Waals surface area contributed by atoms with Crippen molar-refractivity contribution in [2.45, 2.75) is 44.9 Å². The van der Waals surface area contributed by atoms with Crippen LogP contribution in [0.5, 0.6) is 0 Å². The summed E-state index contributed by atoms with van der Waals surface area (Å²) >= 11 is 0. The van der Waals surface area contributed by atoms with E-state index in [0.29, 0.717) is 11.3 Å². The minimum atomic E-state index is -3.20. The first-order chi connectivity index (χ1) is 8.78. The number of rotatable bonds is 6. The number of hydrogen-bond donors (Lipinski definition) is 0. The lowest BCUT2D eigenvalue weighted by Crippen LogP contribution is -2.11. The molecule has 0 radical (unpaired) electrons. The fourth-order valence-corrected chi connectivity index (χ4v) is 3.58. The fourth-order valence-electron chi connectivity index (χ4n) is 1.93. The van der Waals surface area contributed by atoms with Crippen molar-refractivity contribution >= 4 is 9.84 Å². The van der Waals surface area contributed by atoms with Crippen LogP contribution in [0.15, 0.2) is 29.2 Å². The van der Waals surface area contributed by atoms with Gasteiger partial charge in [-0.25, -0.2) is 8.42 Å². The van der Waals surface area contributed by atoms with Gasteiger partial charge in [0.1, 0.15) is 0 Å². The first-order valence-corrected chi connectivity index (χ1v) is 8.13. The highest BCUT2D eigenvalue weighted by molar-refractivity contribution is 7.91. The molecule has 1 aromatic rings. The van der Waals surface area contributed by atoms with Crippen LogP contribution in [-0.4, -0.2) is 14.2 Å². The van der Waals surface area contributed by atoms with E-state index in [2.05, 4.69) is 6.07 Å². The van der Waals surface area contributed by atoms with E-state index in [9.17, 15) is 8.42 Å².